The van der Waals surface area contributed by atoms with E-state index in [1.165, 1.54) is 6.07 Å². The molecule has 3 nitrogen and oxygen atoms in total. The maximum absolute atomic E-state index is 13.9. The van der Waals surface area contributed by atoms with E-state index < -0.39 is 17.6 Å². The first-order valence-electron chi connectivity index (χ1n) is 7.95. The van der Waals surface area contributed by atoms with Gasteiger partial charge in [-0.05, 0) is 57.6 Å². The molecule has 0 aliphatic carbocycles. The first-order valence-corrected chi connectivity index (χ1v) is 9.12. The lowest BCUT2D eigenvalue weighted by molar-refractivity contribution is -0.119. The van der Waals surface area contributed by atoms with Gasteiger partial charge in [-0.25, -0.2) is 4.39 Å². The van der Waals surface area contributed by atoms with Gasteiger partial charge in [-0.2, -0.15) is 0 Å². The molecule has 0 aliphatic rings. The fourth-order valence-corrected chi connectivity index (χ4v) is 3.15. The van der Waals surface area contributed by atoms with Gasteiger partial charge in [0.05, 0.1) is 17.0 Å². The molecule has 0 heterocycles. The molecule has 0 spiro atoms. The third-order valence-electron chi connectivity index (χ3n) is 3.98. The van der Waals surface area contributed by atoms with Gasteiger partial charge in [-0.3, -0.25) is 14.9 Å². The van der Waals surface area contributed by atoms with Crippen molar-refractivity contribution in [3.63, 3.8) is 0 Å². The summed E-state index contributed by atoms with van der Waals surface area (Å²) in [5.41, 5.74) is 2.80. The van der Waals surface area contributed by atoms with Crippen LogP contribution >= 0.6 is 27.5 Å². The number of carbonyl (C=O) groups is 2. The largest absolute Gasteiger partial charge is 0.292 e. The van der Waals surface area contributed by atoms with Crippen molar-refractivity contribution in [2.24, 2.45) is 0 Å². The van der Waals surface area contributed by atoms with Gasteiger partial charge >= 0.3 is 0 Å². The predicted molar refractivity (Wildman–Crippen MR) is 100 cm³/mol. The number of nitrogens with one attached hydrogen (secondary N) is 1. The van der Waals surface area contributed by atoms with Crippen molar-refractivity contribution < 1.29 is 14.0 Å². The molecule has 25 heavy (non-hydrogen) atoms. The highest BCUT2D eigenvalue weighted by Gasteiger charge is 2.18. The normalized spacial score (nSPS) is 10.6. The molecule has 0 atom stereocenters. The van der Waals surface area contributed by atoms with Crippen molar-refractivity contribution in [2.45, 2.75) is 33.1 Å². The van der Waals surface area contributed by atoms with Crippen molar-refractivity contribution in [2.75, 3.05) is 0 Å². The summed E-state index contributed by atoms with van der Waals surface area (Å²) in [7, 11) is 0. The lowest BCUT2D eigenvalue weighted by Gasteiger charge is -2.13. The van der Waals surface area contributed by atoms with E-state index in [2.05, 4.69) is 21.2 Å². The molecule has 6 heteroatoms. The molecule has 2 aromatic carbocycles. The van der Waals surface area contributed by atoms with Crippen LogP contribution in [0.2, 0.25) is 5.02 Å². The van der Waals surface area contributed by atoms with E-state index in [1.54, 1.807) is 0 Å². The summed E-state index contributed by atoms with van der Waals surface area (Å²) in [5.74, 6) is -2.02. The van der Waals surface area contributed by atoms with Crippen LogP contribution in [0.3, 0.4) is 0 Å². The number of hydrogen-bond acceptors (Lipinski definition) is 2. The second kappa shape index (κ2) is 8.59. The third kappa shape index (κ3) is 4.67. The van der Waals surface area contributed by atoms with Crippen LogP contribution in [0.5, 0.6) is 0 Å². The Kier molecular flexibility index (Phi) is 6.73. The van der Waals surface area contributed by atoms with Gasteiger partial charge in [0, 0.05) is 4.47 Å². The molecule has 0 aromatic heterocycles. The molecule has 0 fully saturated rings. The van der Waals surface area contributed by atoms with E-state index in [-0.39, 0.29) is 17.0 Å². The maximum atomic E-state index is 13.9. The second-order valence-electron chi connectivity index (χ2n) is 5.56. The molecule has 0 radical (unpaired) electrons. The number of aryl methyl sites for hydroxylation is 2. The van der Waals surface area contributed by atoms with Gasteiger partial charge in [0.25, 0.3) is 5.91 Å². The van der Waals surface area contributed by atoms with Gasteiger partial charge in [-0.15, -0.1) is 0 Å². The summed E-state index contributed by atoms with van der Waals surface area (Å²) in [5, 5.41) is 2.44. The molecule has 0 saturated carbocycles. The Labute approximate surface area is 159 Å². The summed E-state index contributed by atoms with van der Waals surface area (Å²) in [6.45, 7) is 4.03. The van der Waals surface area contributed by atoms with E-state index in [9.17, 15) is 14.0 Å². The minimum Gasteiger partial charge on any atom is -0.292 e. The van der Waals surface area contributed by atoms with E-state index >= 15 is 0 Å². The van der Waals surface area contributed by atoms with E-state index in [1.807, 2.05) is 32.0 Å². The number of imide groups is 1. The number of rotatable bonds is 5. The summed E-state index contributed by atoms with van der Waals surface area (Å²) in [6.07, 6.45) is 1.66. The van der Waals surface area contributed by atoms with Crippen molar-refractivity contribution in [1.29, 1.82) is 0 Å². The van der Waals surface area contributed by atoms with Crippen LogP contribution in [-0.2, 0) is 24.1 Å². The molecular weight excluding hydrogens is 409 g/mol. The van der Waals surface area contributed by atoms with Crippen molar-refractivity contribution in [1.82, 2.24) is 5.32 Å². The van der Waals surface area contributed by atoms with Gasteiger partial charge < -0.3 is 0 Å². The van der Waals surface area contributed by atoms with Gasteiger partial charge in [0.1, 0.15) is 5.82 Å². The molecule has 0 bridgehead atoms. The van der Waals surface area contributed by atoms with E-state index in [0.717, 1.165) is 35.6 Å². The quantitative estimate of drug-likeness (QED) is 0.694. The molecule has 2 amide bonds. The first-order chi connectivity index (χ1) is 11.9. The lowest BCUT2D eigenvalue weighted by Crippen LogP contribution is -2.32. The zero-order valence-electron chi connectivity index (χ0n) is 14.0. The van der Waals surface area contributed by atoms with Crippen LogP contribution in [0.1, 0.15) is 40.9 Å². The Hall–Kier alpha value is -1.72. The number of benzene rings is 2. The molecule has 2 aromatic rings. The fourth-order valence-electron chi connectivity index (χ4n) is 2.67. The zero-order chi connectivity index (χ0) is 18.6. The zero-order valence-corrected chi connectivity index (χ0v) is 16.3. The lowest BCUT2D eigenvalue weighted by atomic mass is 9.95. The summed E-state index contributed by atoms with van der Waals surface area (Å²) in [4.78, 5) is 24.5. The van der Waals surface area contributed by atoms with Crippen LogP contribution in [-0.4, -0.2) is 11.8 Å². The Morgan fingerprint density at radius 2 is 1.76 bits per heavy atom. The molecular formula is C19H18BrClFNO2. The highest BCUT2D eigenvalue weighted by atomic mass is 79.9. The predicted octanol–water partition coefficient (Wildman–Crippen LogP) is 4.87. The van der Waals surface area contributed by atoms with Crippen LogP contribution in [0.25, 0.3) is 0 Å². The van der Waals surface area contributed by atoms with Crippen LogP contribution in [0, 0.1) is 5.82 Å². The topological polar surface area (TPSA) is 46.2 Å². The minimum absolute atomic E-state index is 0.0742. The maximum Gasteiger partial charge on any atom is 0.260 e. The second-order valence-corrected chi connectivity index (χ2v) is 6.82. The number of amides is 2. The van der Waals surface area contributed by atoms with Gasteiger partial charge in [0.2, 0.25) is 5.91 Å². The highest BCUT2D eigenvalue weighted by molar-refractivity contribution is 9.10. The van der Waals surface area contributed by atoms with E-state index in [0.29, 0.717) is 4.47 Å². The average Bonchev–Trinajstić information content (AvgIpc) is 2.58. The minimum atomic E-state index is -0.802. The average molecular weight is 427 g/mol. The monoisotopic (exact) mass is 425 g/mol. The Balaban J connectivity index is 2.19. The molecule has 0 unspecified atom stereocenters. The third-order valence-corrected chi connectivity index (χ3v) is 5.17. The van der Waals surface area contributed by atoms with Crippen molar-refractivity contribution in [3.8, 4) is 0 Å². The fraction of sp³-hybridized carbons (Fsp3) is 0.263. The molecule has 0 saturated heterocycles. The van der Waals surface area contributed by atoms with Crippen LogP contribution in [0.4, 0.5) is 4.39 Å². The highest BCUT2D eigenvalue weighted by Crippen LogP contribution is 2.25. The molecule has 2 rings (SSSR count). The summed E-state index contributed by atoms with van der Waals surface area (Å²) >= 11 is 8.98. The Morgan fingerprint density at radius 3 is 2.32 bits per heavy atom. The SMILES string of the molecule is CCc1cccc(CC)c1CC(=O)NC(=O)c1cc(Cl)c(Br)cc1F. The number of halogens is 3. The van der Waals surface area contributed by atoms with E-state index in [4.69, 9.17) is 11.6 Å². The summed E-state index contributed by atoms with van der Waals surface area (Å²) in [6, 6.07) is 8.20. The van der Waals surface area contributed by atoms with Gasteiger partial charge in [0.15, 0.2) is 0 Å². The van der Waals surface area contributed by atoms with Crippen molar-refractivity contribution in [3.05, 3.63) is 67.9 Å². The Bertz CT molecular complexity index is 801. The van der Waals surface area contributed by atoms with Gasteiger partial charge in [-0.1, -0.05) is 43.6 Å². The van der Waals surface area contributed by atoms with Crippen molar-refractivity contribution >= 4 is 39.3 Å². The van der Waals surface area contributed by atoms with Crippen LogP contribution in [0.15, 0.2) is 34.8 Å². The smallest absolute Gasteiger partial charge is 0.260 e. The molecule has 0 aliphatic heterocycles. The first kappa shape index (κ1) is 19.6. The van der Waals surface area contributed by atoms with Crippen LogP contribution < -0.4 is 5.32 Å². The molecule has 132 valence electrons. The standard InChI is InChI=1S/C19H18BrClFNO2/c1-3-11-6-5-7-12(4-2)13(11)9-18(24)23-19(25)14-8-16(21)15(20)10-17(14)22/h5-8,10H,3-4,9H2,1-2H3,(H,23,24,25). The molecule has 1 N–H and O–H groups in total. The number of carbonyl (C=O) groups excluding carboxylic acids is 2. The summed E-state index contributed by atoms with van der Waals surface area (Å²) < 4.78 is 14.3. The number of hydrogen-bond donors (Lipinski definition) is 1. The Morgan fingerprint density at radius 1 is 1.16 bits per heavy atom.